The largest absolute Gasteiger partial charge is 0.348 e. The third kappa shape index (κ3) is 2.83. The minimum absolute atomic E-state index is 0.0368. The zero-order chi connectivity index (χ0) is 18.1. The van der Waals surface area contributed by atoms with Crippen molar-refractivity contribution in [2.45, 2.75) is 19.9 Å². The second-order valence-corrected chi connectivity index (χ2v) is 6.22. The molecule has 0 unspecified atom stereocenters. The van der Waals surface area contributed by atoms with Gasteiger partial charge in [0.25, 0.3) is 5.91 Å². The van der Waals surface area contributed by atoms with Gasteiger partial charge in [0.05, 0.1) is 5.52 Å². The van der Waals surface area contributed by atoms with Gasteiger partial charge in [0.1, 0.15) is 17.8 Å². The summed E-state index contributed by atoms with van der Waals surface area (Å²) >= 11 is 0. The van der Waals surface area contributed by atoms with Crippen LogP contribution in [-0.2, 0) is 0 Å². The van der Waals surface area contributed by atoms with Crippen LogP contribution in [0, 0.1) is 0 Å². The van der Waals surface area contributed by atoms with Crippen molar-refractivity contribution in [3.05, 3.63) is 67.0 Å². The molecule has 0 radical (unpaired) electrons. The maximum Gasteiger partial charge on any atom is 0.272 e. The number of fused-ring (bicyclic) bond motifs is 1. The SMILES string of the molecule is CC(C)NC(=O)c1nc(-c2cn(-c3ccccn3)cn2)n2ccccc12. The fourth-order valence-corrected chi connectivity index (χ4v) is 2.79. The lowest BCUT2D eigenvalue weighted by Crippen LogP contribution is -2.30. The minimum Gasteiger partial charge on any atom is -0.348 e. The van der Waals surface area contributed by atoms with E-state index in [4.69, 9.17) is 0 Å². The maximum atomic E-state index is 12.5. The molecule has 1 N–H and O–H groups in total. The molecule has 0 aromatic carbocycles. The Balaban J connectivity index is 1.80. The highest BCUT2D eigenvalue weighted by Crippen LogP contribution is 2.22. The molecule has 7 heteroatoms. The Kier molecular flexibility index (Phi) is 3.96. The van der Waals surface area contributed by atoms with Crippen molar-refractivity contribution in [1.82, 2.24) is 29.2 Å². The monoisotopic (exact) mass is 346 g/mol. The van der Waals surface area contributed by atoms with Gasteiger partial charge in [-0.05, 0) is 38.1 Å². The topological polar surface area (TPSA) is 77.1 Å². The Labute approximate surface area is 150 Å². The first kappa shape index (κ1) is 16.0. The van der Waals surface area contributed by atoms with E-state index in [1.54, 1.807) is 12.5 Å². The normalized spacial score (nSPS) is 11.2. The average Bonchev–Trinajstić information content (AvgIpc) is 3.27. The van der Waals surface area contributed by atoms with E-state index in [0.717, 1.165) is 11.3 Å². The number of rotatable bonds is 4. The maximum absolute atomic E-state index is 12.5. The molecule has 0 atom stereocenters. The third-order valence-electron chi connectivity index (χ3n) is 3.91. The molecule has 4 aromatic rings. The summed E-state index contributed by atoms with van der Waals surface area (Å²) in [6.45, 7) is 3.84. The molecule has 4 aromatic heterocycles. The highest BCUT2D eigenvalue weighted by atomic mass is 16.2. The number of imidazole rings is 2. The summed E-state index contributed by atoms with van der Waals surface area (Å²) in [4.78, 5) is 25.9. The van der Waals surface area contributed by atoms with Crippen LogP contribution in [-0.4, -0.2) is 35.9 Å². The fourth-order valence-electron chi connectivity index (χ4n) is 2.79. The zero-order valence-electron chi connectivity index (χ0n) is 14.5. The van der Waals surface area contributed by atoms with Crippen LogP contribution in [0.25, 0.3) is 22.9 Å². The Hall–Kier alpha value is -3.48. The lowest BCUT2D eigenvalue weighted by atomic mass is 10.3. The number of nitrogens with one attached hydrogen (secondary N) is 1. The average molecular weight is 346 g/mol. The second-order valence-electron chi connectivity index (χ2n) is 6.22. The number of pyridine rings is 2. The van der Waals surface area contributed by atoms with Crippen LogP contribution in [0.3, 0.4) is 0 Å². The summed E-state index contributed by atoms with van der Waals surface area (Å²) in [6.07, 6.45) is 7.15. The standard InChI is InChI=1S/C19H18N6O/c1-13(2)22-19(26)17-15-7-4-6-10-25(15)18(23-17)14-11-24(12-21-14)16-8-3-5-9-20-16/h3-13H,1-2H3,(H,22,26). The number of aromatic nitrogens is 5. The molecule has 0 aliphatic carbocycles. The lowest BCUT2D eigenvalue weighted by Gasteiger charge is -2.06. The van der Waals surface area contributed by atoms with Crippen LogP contribution in [0.4, 0.5) is 0 Å². The predicted octanol–water partition coefficient (Wildman–Crippen LogP) is 2.72. The summed E-state index contributed by atoms with van der Waals surface area (Å²) < 4.78 is 3.70. The molecule has 0 spiro atoms. The molecule has 130 valence electrons. The molecule has 7 nitrogen and oxygen atoms in total. The number of hydrogen-bond donors (Lipinski definition) is 1. The van der Waals surface area contributed by atoms with Crippen molar-refractivity contribution in [2.24, 2.45) is 0 Å². The van der Waals surface area contributed by atoms with Gasteiger partial charge in [-0.25, -0.2) is 15.0 Å². The molecular formula is C19H18N6O. The van der Waals surface area contributed by atoms with E-state index in [2.05, 4.69) is 20.3 Å². The molecule has 0 fully saturated rings. The fraction of sp³-hybridized carbons (Fsp3) is 0.158. The predicted molar refractivity (Wildman–Crippen MR) is 98.1 cm³/mol. The first-order chi connectivity index (χ1) is 12.6. The molecule has 0 aliphatic heterocycles. The third-order valence-corrected chi connectivity index (χ3v) is 3.91. The van der Waals surface area contributed by atoms with Gasteiger partial charge >= 0.3 is 0 Å². The zero-order valence-corrected chi connectivity index (χ0v) is 14.5. The Morgan fingerprint density at radius 1 is 1.12 bits per heavy atom. The molecule has 26 heavy (non-hydrogen) atoms. The number of amides is 1. The van der Waals surface area contributed by atoms with E-state index in [1.807, 2.05) is 71.6 Å². The van der Waals surface area contributed by atoms with E-state index in [1.165, 1.54) is 0 Å². The molecule has 0 saturated heterocycles. The van der Waals surface area contributed by atoms with Gasteiger partial charge in [-0.2, -0.15) is 0 Å². The highest BCUT2D eigenvalue weighted by molar-refractivity contribution is 6.00. The van der Waals surface area contributed by atoms with E-state index in [0.29, 0.717) is 17.2 Å². The molecular weight excluding hydrogens is 328 g/mol. The Bertz CT molecular complexity index is 1060. The number of hydrogen-bond acceptors (Lipinski definition) is 4. The van der Waals surface area contributed by atoms with Crippen LogP contribution >= 0.6 is 0 Å². The number of nitrogens with zero attached hydrogens (tertiary/aromatic N) is 5. The van der Waals surface area contributed by atoms with Crippen molar-refractivity contribution in [1.29, 1.82) is 0 Å². The van der Waals surface area contributed by atoms with Gasteiger partial charge in [0, 0.05) is 24.6 Å². The van der Waals surface area contributed by atoms with Crippen molar-refractivity contribution < 1.29 is 4.79 Å². The van der Waals surface area contributed by atoms with Gasteiger partial charge in [-0.15, -0.1) is 0 Å². The van der Waals surface area contributed by atoms with E-state index in [-0.39, 0.29) is 11.9 Å². The van der Waals surface area contributed by atoms with Crippen LogP contribution in [0.1, 0.15) is 24.3 Å². The van der Waals surface area contributed by atoms with Gasteiger partial charge in [0.15, 0.2) is 11.5 Å². The second kappa shape index (κ2) is 6.44. The molecule has 0 aliphatic rings. The van der Waals surface area contributed by atoms with Crippen LogP contribution in [0.5, 0.6) is 0 Å². The van der Waals surface area contributed by atoms with Crippen molar-refractivity contribution in [3.8, 4) is 17.3 Å². The van der Waals surface area contributed by atoms with Crippen LogP contribution < -0.4 is 5.32 Å². The van der Waals surface area contributed by atoms with Crippen LogP contribution in [0.2, 0.25) is 0 Å². The van der Waals surface area contributed by atoms with Gasteiger partial charge in [-0.3, -0.25) is 13.8 Å². The van der Waals surface area contributed by atoms with E-state index in [9.17, 15) is 4.79 Å². The molecule has 0 saturated carbocycles. The van der Waals surface area contributed by atoms with Crippen molar-refractivity contribution in [3.63, 3.8) is 0 Å². The van der Waals surface area contributed by atoms with Gasteiger partial charge in [0.2, 0.25) is 0 Å². The quantitative estimate of drug-likeness (QED) is 0.616. The van der Waals surface area contributed by atoms with E-state index < -0.39 is 0 Å². The molecule has 4 heterocycles. The Morgan fingerprint density at radius 3 is 2.73 bits per heavy atom. The summed E-state index contributed by atoms with van der Waals surface area (Å²) in [5.41, 5.74) is 1.80. The first-order valence-corrected chi connectivity index (χ1v) is 8.37. The molecule has 0 bridgehead atoms. The summed E-state index contributed by atoms with van der Waals surface area (Å²) in [6, 6.07) is 11.4. The van der Waals surface area contributed by atoms with Gasteiger partial charge in [-0.1, -0.05) is 12.1 Å². The summed E-state index contributed by atoms with van der Waals surface area (Å²) in [5, 5.41) is 2.90. The summed E-state index contributed by atoms with van der Waals surface area (Å²) in [5.74, 6) is 1.19. The smallest absolute Gasteiger partial charge is 0.272 e. The Morgan fingerprint density at radius 2 is 1.96 bits per heavy atom. The lowest BCUT2D eigenvalue weighted by molar-refractivity contribution is 0.0940. The van der Waals surface area contributed by atoms with E-state index >= 15 is 0 Å². The number of carbonyl (C=O) groups is 1. The molecule has 4 rings (SSSR count). The van der Waals surface area contributed by atoms with Crippen molar-refractivity contribution >= 4 is 11.4 Å². The van der Waals surface area contributed by atoms with Crippen LogP contribution in [0.15, 0.2) is 61.3 Å². The highest BCUT2D eigenvalue weighted by Gasteiger charge is 2.20. The molecule has 1 amide bonds. The number of carbonyl (C=O) groups excluding carboxylic acids is 1. The summed E-state index contributed by atoms with van der Waals surface area (Å²) in [7, 11) is 0. The minimum atomic E-state index is -0.195. The van der Waals surface area contributed by atoms with Crippen molar-refractivity contribution in [2.75, 3.05) is 0 Å². The first-order valence-electron chi connectivity index (χ1n) is 8.37. The van der Waals surface area contributed by atoms with Gasteiger partial charge < -0.3 is 5.32 Å².